The lowest BCUT2D eigenvalue weighted by atomic mass is 10.3. The molecule has 3 rings (SSSR count). The van der Waals surface area contributed by atoms with Gasteiger partial charge in [-0.2, -0.15) is 5.10 Å². The fourth-order valence-corrected chi connectivity index (χ4v) is 3.19. The Hall–Kier alpha value is -1.92. The fourth-order valence-electron chi connectivity index (χ4n) is 1.74. The monoisotopic (exact) mass is 347 g/mol. The number of hydrogen-bond donors (Lipinski definition) is 1. The van der Waals surface area contributed by atoms with Crippen molar-refractivity contribution >= 4 is 39.0 Å². The van der Waals surface area contributed by atoms with Crippen molar-refractivity contribution in [2.45, 2.75) is 0 Å². The summed E-state index contributed by atoms with van der Waals surface area (Å²) in [6, 6.07) is 13.4. The third kappa shape index (κ3) is 2.66. The number of carbonyl (C=O) groups excluding carboxylic acids is 1. The third-order valence-corrected chi connectivity index (χ3v) is 4.51. The van der Waals surface area contributed by atoms with Gasteiger partial charge in [-0.15, -0.1) is 11.3 Å². The molecule has 0 saturated heterocycles. The number of rotatable bonds is 3. The van der Waals surface area contributed by atoms with E-state index >= 15 is 0 Å². The lowest BCUT2D eigenvalue weighted by Gasteiger charge is -2.01. The lowest BCUT2D eigenvalue weighted by molar-refractivity contribution is 0.102. The molecule has 0 radical (unpaired) electrons. The molecule has 3 aromatic rings. The average Bonchev–Trinajstić information content (AvgIpc) is 3.09. The summed E-state index contributed by atoms with van der Waals surface area (Å²) < 4.78 is 2.52. The van der Waals surface area contributed by atoms with Crippen LogP contribution in [0.5, 0.6) is 0 Å². The molecule has 2 heterocycles. The largest absolute Gasteiger partial charge is 0.304 e. The highest BCUT2D eigenvalue weighted by Crippen LogP contribution is 2.23. The Labute approximate surface area is 128 Å². The van der Waals surface area contributed by atoms with E-state index in [1.807, 2.05) is 48.0 Å². The zero-order valence-electron chi connectivity index (χ0n) is 10.3. The molecular formula is C14H10BrN3OS. The van der Waals surface area contributed by atoms with Crippen LogP contribution in [0.2, 0.25) is 0 Å². The first-order valence-electron chi connectivity index (χ1n) is 5.89. The summed E-state index contributed by atoms with van der Waals surface area (Å²) in [5.41, 5.74) is 0.949. The van der Waals surface area contributed by atoms with E-state index in [1.165, 1.54) is 11.3 Å². The van der Waals surface area contributed by atoms with Gasteiger partial charge in [-0.3, -0.25) is 4.79 Å². The van der Waals surface area contributed by atoms with E-state index in [0.717, 1.165) is 10.2 Å². The zero-order chi connectivity index (χ0) is 13.9. The molecule has 0 saturated carbocycles. The Kier molecular flexibility index (Phi) is 3.66. The molecule has 0 aliphatic rings. The maximum Gasteiger partial charge on any atom is 0.268 e. The van der Waals surface area contributed by atoms with Gasteiger partial charge in [-0.1, -0.05) is 18.2 Å². The summed E-state index contributed by atoms with van der Waals surface area (Å²) in [5, 5.41) is 8.98. The van der Waals surface area contributed by atoms with Crippen LogP contribution in [0.1, 0.15) is 9.67 Å². The number of anilines is 1. The number of thiophene rings is 1. The average molecular weight is 348 g/mol. The van der Waals surface area contributed by atoms with Gasteiger partial charge in [0.1, 0.15) is 4.88 Å². The van der Waals surface area contributed by atoms with Crippen molar-refractivity contribution in [3.05, 3.63) is 63.4 Å². The molecule has 4 nitrogen and oxygen atoms in total. The van der Waals surface area contributed by atoms with Crippen molar-refractivity contribution in [1.82, 2.24) is 9.78 Å². The molecule has 0 aliphatic heterocycles. The normalized spacial score (nSPS) is 10.4. The fraction of sp³-hybridized carbons (Fsp3) is 0. The van der Waals surface area contributed by atoms with E-state index in [2.05, 4.69) is 26.3 Å². The minimum atomic E-state index is -0.162. The van der Waals surface area contributed by atoms with Crippen LogP contribution >= 0.6 is 27.3 Å². The highest BCUT2D eigenvalue weighted by Gasteiger charge is 2.13. The van der Waals surface area contributed by atoms with Gasteiger partial charge >= 0.3 is 0 Å². The van der Waals surface area contributed by atoms with Crippen molar-refractivity contribution in [2.75, 3.05) is 5.32 Å². The van der Waals surface area contributed by atoms with Crippen LogP contribution in [0.4, 0.5) is 5.82 Å². The first kappa shape index (κ1) is 13.1. The molecule has 0 spiro atoms. The highest BCUT2D eigenvalue weighted by molar-refractivity contribution is 9.10. The maximum absolute atomic E-state index is 12.1. The van der Waals surface area contributed by atoms with E-state index in [-0.39, 0.29) is 5.91 Å². The van der Waals surface area contributed by atoms with Crippen LogP contribution in [-0.4, -0.2) is 15.7 Å². The van der Waals surface area contributed by atoms with Gasteiger partial charge in [-0.05, 0) is 39.5 Å². The quantitative estimate of drug-likeness (QED) is 0.779. The second kappa shape index (κ2) is 5.60. The highest BCUT2D eigenvalue weighted by atomic mass is 79.9. The van der Waals surface area contributed by atoms with Gasteiger partial charge in [-0.25, -0.2) is 4.68 Å². The first-order chi connectivity index (χ1) is 9.74. The molecule has 1 amide bonds. The number of hydrogen-bond acceptors (Lipinski definition) is 3. The SMILES string of the molecule is O=C(Nc1ccn(-c2ccccc2)n1)c1sccc1Br. The standard InChI is InChI=1S/C14H10BrN3OS/c15-11-7-9-20-13(11)14(19)16-12-6-8-18(17-12)10-4-2-1-3-5-10/h1-9H,(H,16,17,19). The molecule has 0 bridgehead atoms. The van der Waals surface area contributed by atoms with Crippen molar-refractivity contribution in [3.63, 3.8) is 0 Å². The lowest BCUT2D eigenvalue weighted by Crippen LogP contribution is -2.11. The minimum absolute atomic E-state index is 0.162. The van der Waals surface area contributed by atoms with Gasteiger partial charge in [0.05, 0.1) is 5.69 Å². The van der Waals surface area contributed by atoms with Gasteiger partial charge in [0.2, 0.25) is 0 Å². The predicted molar refractivity (Wildman–Crippen MR) is 83.5 cm³/mol. The van der Waals surface area contributed by atoms with Crippen LogP contribution in [0, 0.1) is 0 Å². The van der Waals surface area contributed by atoms with E-state index in [0.29, 0.717) is 10.7 Å². The molecule has 0 unspecified atom stereocenters. The Bertz CT molecular complexity index is 736. The molecule has 1 aromatic carbocycles. The molecule has 2 aromatic heterocycles. The van der Waals surface area contributed by atoms with E-state index in [1.54, 1.807) is 10.7 Å². The second-order valence-corrected chi connectivity index (χ2v) is 5.80. The van der Waals surface area contributed by atoms with Crippen LogP contribution in [0.15, 0.2) is 58.5 Å². The van der Waals surface area contributed by atoms with E-state index in [4.69, 9.17) is 0 Å². The summed E-state index contributed by atoms with van der Waals surface area (Å²) in [6.45, 7) is 0. The number of para-hydroxylation sites is 1. The van der Waals surface area contributed by atoms with Crippen LogP contribution < -0.4 is 5.32 Å². The number of carbonyl (C=O) groups is 1. The van der Waals surface area contributed by atoms with Crippen molar-refractivity contribution in [2.24, 2.45) is 0 Å². The Balaban J connectivity index is 1.78. The molecular weight excluding hydrogens is 338 g/mol. The Morgan fingerprint density at radius 1 is 1.20 bits per heavy atom. The number of nitrogens with one attached hydrogen (secondary N) is 1. The summed E-state index contributed by atoms with van der Waals surface area (Å²) in [5.74, 6) is 0.365. The number of halogens is 1. The number of nitrogens with zero attached hydrogens (tertiary/aromatic N) is 2. The van der Waals surface area contributed by atoms with Gasteiger partial charge in [0.15, 0.2) is 5.82 Å². The maximum atomic E-state index is 12.1. The number of aromatic nitrogens is 2. The summed E-state index contributed by atoms with van der Waals surface area (Å²) in [4.78, 5) is 12.7. The van der Waals surface area contributed by atoms with E-state index in [9.17, 15) is 4.79 Å². The summed E-state index contributed by atoms with van der Waals surface area (Å²) in [6.07, 6.45) is 1.81. The van der Waals surface area contributed by atoms with Crippen molar-refractivity contribution in [1.29, 1.82) is 0 Å². The van der Waals surface area contributed by atoms with Crippen LogP contribution in [0.25, 0.3) is 5.69 Å². The molecule has 0 atom stereocenters. The van der Waals surface area contributed by atoms with Gasteiger partial charge < -0.3 is 5.32 Å². The number of benzene rings is 1. The summed E-state index contributed by atoms with van der Waals surface area (Å²) in [7, 11) is 0. The molecule has 6 heteroatoms. The molecule has 20 heavy (non-hydrogen) atoms. The zero-order valence-corrected chi connectivity index (χ0v) is 12.7. The van der Waals surface area contributed by atoms with Gasteiger partial charge in [0.25, 0.3) is 5.91 Å². The van der Waals surface area contributed by atoms with Crippen molar-refractivity contribution in [3.8, 4) is 5.69 Å². The predicted octanol–water partition coefficient (Wildman–Crippen LogP) is 3.95. The minimum Gasteiger partial charge on any atom is -0.304 e. The smallest absolute Gasteiger partial charge is 0.268 e. The molecule has 0 aliphatic carbocycles. The molecule has 1 N–H and O–H groups in total. The van der Waals surface area contributed by atoms with Crippen molar-refractivity contribution < 1.29 is 4.79 Å². The Morgan fingerprint density at radius 2 is 2.00 bits per heavy atom. The Morgan fingerprint density at radius 3 is 2.70 bits per heavy atom. The van der Waals surface area contributed by atoms with Gasteiger partial charge in [0, 0.05) is 16.7 Å². The summed E-state index contributed by atoms with van der Waals surface area (Å²) >= 11 is 4.73. The molecule has 100 valence electrons. The molecule has 0 fully saturated rings. The third-order valence-electron chi connectivity index (χ3n) is 2.67. The van der Waals surface area contributed by atoms with Crippen LogP contribution in [0.3, 0.4) is 0 Å². The number of amides is 1. The van der Waals surface area contributed by atoms with Crippen LogP contribution in [-0.2, 0) is 0 Å². The van der Waals surface area contributed by atoms with E-state index < -0.39 is 0 Å². The topological polar surface area (TPSA) is 46.9 Å². The second-order valence-electron chi connectivity index (χ2n) is 4.03. The first-order valence-corrected chi connectivity index (χ1v) is 7.57.